The molecule has 1 atom stereocenters. The molecule has 2 N–H and O–H groups in total. The van der Waals surface area contributed by atoms with Crippen molar-refractivity contribution in [1.29, 1.82) is 0 Å². The van der Waals surface area contributed by atoms with E-state index >= 15 is 0 Å². The molecule has 2 heterocycles. The number of aryl methyl sites for hydroxylation is 1. The van der Waals surface area contributed by atoms with Crippen molar-refractivity contribution in [3.63, 3.8) is 0 Å². The van der Waals surface area contributed by atoms with Crippen molar-refractivity contribution in [2.45, 2.75) is 38.1 Å². The van der Waals surface area contributed by atoms with Crippen LogP contribution in [0.15, 0.2) is 5.38 Å². The summed E-state index contributed by atoms with van der Waals surface area (Å²) in [4.78, 5) is 4.62. The highest BCUT2D eigenvalue weighted by molar-refractivity contribution is 7.09. The molecule has 0 saturated carbocycles. The van der Waals surface area contributed by atoms with Gasteiger partial charge in [0.1, 0.15) is 0 Å². The Labute approximate surface area is 94.7 Å². The van der Waals surface area contributed by atoms with E-state index in [1.165, 1.54) is 17.8 Å². The second kappa shape index (κ2) is 4.60. The molecule has 1 aliphatic rings. The number of ether oxygens (including phenoxy) is 1. The number of hydrogen-bond donors (Lipinski definition) is 1. The Hall–Kier alpha value is -0.450. The Morgan fingerprint density at radius 3 is 3.20 bits per heavy atom. The lowest BCUT2D eigenvalue weighted by atomic mass is 9.97. The zero-order valence-corrected chi connectivity index (χ0v) is 9.98. The number of nitrogens with zero attached hydrogens (tertiary/aromatic N) is 1. The third kappa shape index (κ3) is 2.38. The van der Waals surface area contributed by atoms with Crippen LogP contribution in [0.25, 0.3) is 0 Å². The highest BCUT2D eigenvalue weighted by Crippen LogP contribution is 2.28. The SMILES string of the molecule is CCCCc1nc(C2(N)CCOC2)cs1. The zero-order valence-electron chi connectivity index (χ0n) is 9.16. The van der Waals surface area contributed by atoms with Gasteiger partial charge < -0.3 is 10.5 Å². The predicted octanol–water partition coefficient (Wildman–Crippen LogP) is 2.06. The average molecular weight is 226 g/mol. The topological polar surface area (TPSA) is 48.1 Å². The summed E-state index contributed by atoms with van der Waals surface area (Å²) >= 11 is 1.73. The Morgan fingerprint density at radius 2 is 2.53 bits per heavy atom. The summed E-state index contributed by atoms with van der Waals surface area (Å²) in [6.45, 7) is 3.58. The fraction of sp³-hybridized carbons (Fsp3) is 0.727. The summed E-state index contributed by atoms with van der Waals surface area (Å²) < 4.78 is 5.34. The van der Waals surface area contributed by atoms with Crippen LogP contribution in [0.1, 0.15) is 36.9 Å². The smallest absolute Gasteiger partial charge is 0.0929 e. The number of rotatable bonds is 4. The number of hydrogen-bond acceptors (Lipinski definition) is 4. The van der Waals surface area contributed by atoms with Crippen molar-refractivity contribution >= 4 is 11.3 Å². The van der Waals surface area contributed by atoms with Crippen LogP contribution < -0.4 is 5.73 Å². The van der Waals surface area contributed by atoms with E-state index in [-0.39, 0.29) is 5.54 Å². The van der Waals surface area contributed by atoms with Crippen LogP contribution >= 0.6 is 11.3 Å². The van der Waals surface area contributed by atoms with Crippen LogP contribution in [-0.4, -0.2) is 18.2 Å². The first-order chi connectivity index (χ1) is 7.24. The molecule has 0 amide bonds. The summed E-state index contributed by atoms with van der Waals surface area (Å²) in [5.74, 6) is 0. The molecule has 1 aromatic heterocycles. The van der Waals surface area contributed by atoms with Gasteiger partial charge in [-0.1, -0.05) is 13.3 Å². The molecule has 1 unspecified atom stereocenters. The maximum atomic E-state index is 6.24. The van der Waals surface area contributed by atoms with E-state index in [1.54, 1.807) is 11.3 Å². The van der Waals surface area contributed by atoms with E-state index in [4.69, 9.17) is 10.5 Å². The van der Waals surface area contributed by atoms with Crippen molar-refractivity contribution in [2.75, 3.05) is 13.2 Å². The minimum atomic E-state index is -0.318. The predicted molar refractivity (Wildman–Crippen MR) is 62.0 cm³/mol. The minimum absolute atomic E-state index is 0.318. The van der Waals surface area contributed by atoms with Crippen molar-refractivity contribution in [2.24, 2.45) is 5.73 Å². The molecule has 84 valence electrons. The van der Waals surface area contributed by atoms with Gasteiger partial charge in [-0.3, -0.25) is 0 Å². The molecule has 3 nitrogen and oxygen atoms in total. The first kappa shape index (κ1) is 11.0. The molecule has 4 heteroatoms. The molecule has 1 aromatic rings. The lowest BCUT2D eigenvalue weighted by Gasteiger charge is -2.18. The molecule has 15 heavy (non-hydrogen) atoms. The average Bonchev–Trinajstić information content (AvgIpc) is 2.84. The molecule has 0 radical (unpaired) electrons. The van der Waals surface area contributed by atoms with Gasteiger partial charge in [0.25, 0.3) is 0 Å². The molecule has 2 rings (SSSR count). The van der Waals surface area contributed by atoms with Crippen molar-refractivity contribution < 1.29 is 4.74 Å². The number of aromatic nitrogens is 1. The Bertz CT molecular complexity index is 318. The molecule has 0 bridgehead atoms. The number of nitrogens with two attached hydrogens (primary N) is 1. The molecule has 0 aliphatic carbocycles. The summed E-state index contributed by atoms with van der Waals surface area (Å²) in [7, 11) is 0. The van der Waals surface area contributed by atoms with Gasteiger partial charge in [0.15, 0.2) is 0 Å². The van der Waals surface area contributed by atoms with Crippen molar-refractivity contribution in [3.8, 4) is 0 Å². The molecule has 0 spiro atoms. The highest BCUT2D eigenvalue weighted by Gasteiger charge is 2.34. The number of unbranched alkanes of at least 4 members (excludes halogenated alkanes) is 1. The Morgan fingerprint density at radius 1 is 1.67 bits per heavy atom. The lowest BCUT2D eigenvalue weighted by molar-refractivity contribution is 0.177. The van der Waals surface area contributed by atoms with Crippen molar-refractivity contribution in [3.05, 3.63) is 16.1 Å². The summed E-state index contributed by atoms with van der Waals surface area (Å²) in [6, 6.07) is 0. The van der Waals surface area contributed by atoms with Crippen LogP contribution in [0.4, 0.5) is 0 Å². The van der Waals surface area contributed by atoms with Gasteiger partial charge in [0.05, 0.1) is 22.8 Å². The van der Waals surface area contributed by atoms with Crippen molar-refractivity contribution in [1.82, 2.24) is 4.98 Å². The molecule has 1 aliphatic heterocycles. The van der Waals surface area contributed by atoms with E-state index in [1.807, 2.05) is 0 Å². The van der Waals surface area contributed by atoms with Gasteiger partial charge in [-0.05, 0) is 19.3 Å². The van der Waals surface area contributed by atoms with Gasteiger partial charge in [-0.25, -0.2) is 4.98 Å². The van der Waals surface area contributed by atoms with E-state index in [2.05, 4.69) is 17.3 Å². The van der Waals surface area contributed by atoms with E-state index in [9.17, 15) is 0 Å². The van der Waals surface area contributed by atoms with Gasteiger partial charge in [0.2, 0.25) is 0 Å². The fourth-order valence-electron chi connectivity index (χ4n) is 1.77. The lowest BCUT2D eigenvalue weighted by Crippen LogP contribution is -2.37. The molecular formula is C11H18N2OS. The first-order valence-corrected chi connectivity index (χ1v) is 6.44. The zero-order chi connectivity index (χ0) is 10.7. The maximum Gasteiger partial charge on any atom is 0.0929 e. The first-order valence-electron chi connectivity index (χ1n) is 5.56. The van der Waals surface area contributed by atoms with Crippen LogP contribution in [0.3, 0.4) is 0 Å². The van der Waals surface area contributed by atoms with Crippen LogP contribution in [-0.2, 0) is 16.7 Å². The molecule has 0 aromatic carbocycles. The summed E-state index contributed by atoms with van der Waals surface area (Å²) in [5.41, 5.74) is 6.95. The second-order valence-electron chi connectivity index (χ2n) is 4.19. The third-order valence-electron chi connectivity index (χ3n) is 2.86. The van der Waals surface area contributed by atoms with E-state index < -0.39 is 0 Å². The second-order valence-corrected chi connectivity index (χ2v) is 5.13. The van der Waals surface area contributed by atoms with Gasteiger partial charge in [-0.2, -0.15) is 0 Å². The monoisotopic (exact) mass is 226 g/mol. The van der Waals surface area contributed by atoms with Crippen LogP contribution in [0, 0.1) is 0 Å². The quantitative estimate of drug-likeness (QED) is 0.855. The number of thiazole rings is 1. The molecule has 1 saturated heterocycles. The molecule has 1 fully saturated rings. The maximum absolute atomic E-state index is 6.24. The van der Waals surface area contributed by atoms with Gasteiger partial charge >= 0.3 is 0 Å². The summed E-state index contributed by atoms with van der Waals surface area (Å²) in [5, 5.41) is 3.31. The van der Waals surface area contributed by atoms with Crippen LogP contribution in [0.2, 0.25) is 0 Å². The summed E-state index contributed by atoms with van der Waals surface area (Å²) in [6.07, 6.45) is 4.40. The van der Waals surface area contributed by atoms with Crippen LogP contribution in [0.5, 0.6) is 0 Å². The Kier molecular flexibility index (Phi) is 3.38. The highest BCUT2D eigenvalue weighted by atomic mass is 32.1. The van der Waals surface area contributed by atoms with E-state index in [0.717, 1.165) is 25.1 Å². The van der Waals surface area contributed by atoms with E-state index in [0.29, 0.717) is 6.61 Å². The Balaban J connectivity index is 2.05. The van der Waals surface area contributed by atoms with Gasteiger partial charge in [0, 0.05) is 12.0 Å². The third-order valence-corrected chi connectivity index (χ3v) is 3.77. The largest absolute Gasteiger partial charge is 0.379 e. The fourth-order valence-corrected chi connectivity index (χ4v) is 2.71. The van der Waals surface area contributed by atoms with Gasteiger partial charge in [-0.15, -0.1) is 11.3 Å². The molecular weight excluding hydrogens is 208 g/mol. The minimum Gasteiger partial charge on any atom is -0.379 e. The standard InChI is InChI=1S/C11H18N2OS/c1-2-3-4-10-13-9(7-15-10)11(12)5-6-14-8-11/h7H,2-6,8,12H2,1H3. The normalized spacial score (nSPS) is 26.0.